The monoisotopic (exact) mass is 167 g/mol. The maximum Gasteiger partial charge on any atom is 0.0418 e. The molecule has 11 heavy (non-hydrogen) atoms. The van der Waals surface area contributed by atoms with E-state index in [0.717, 1.165) is 11.6 Å². The first-order valence-electron chi connectivity index (χ1n) is 3.70. The van der Waals surface area contributed by atoms with Crippen LogP contribution in [0, 0.1) is 0 Å². The van der Waals surface area contributed by atoms with Crippen LogP contribution in [-0.4, -0.2) is 12.9 Å². The largest absolute Gasteiger partial charge is 0.311 e. The lowest BCUT2D eigenvalue weighted by Crippen LogP contribution is -2.03. The normalized spacial score (nSPS) is 9.91. The van der Waals surface area contributed by atoms with Gasteiger partial charge in [-0.25, -0.2) is 0 Å². The Balaban J connectivity index is 2.28. The second kappa shape index (κ2) is 5.22. The first-order valence-corrected chi connectivity index (χ1v) is 4.85. The Kier molecular flexibility index (Phi) is 4.09. The Bertz CT molecular complexity index is 186. The molecule has 0 heterocycles. The van der Waals surface area contributed by atoms with Gasteiger partial charge in [-0.3, -0.25) is 0 Å². The zero-order valence-corrected chi connectivity index (χ0v) is 7.53. The van der Waals surface area contributed by atoms with Gasteiger partial charge in [0.1, 0.15) is 0 Å². The van der Waals surface area contributed by atoms with Crippen LogP contribution in [0.4, 0.5) is 0 Å². The highest BCUT2D eigenvalue weighted by Gasteiger charge is 1.88. The summed E-state index contributed by atoms with van der Waals surface area (Å²) < 4.78 is 0. The molecule has 0 spiro atoms. The second-order valence-electron chi connectivity index (χ2n) is 2.33. The van der Waals surface area contributed by atoms with E-state index in [1.807, 2.05) is 24.9 Å². The average Bonchev–Trinajstić information content (AvgIpc) is 2.07. The van der Waals surface area contributed by atoms with E-state index in [0.29, 0.717) is 0 Å². The summed E-state index contributed by atoms with van der Waals surface area (Å²) in [5.74, 6) is 2.12. The van der Waals surface area contributed by atoms with Gasteiger partial charge < -0.3 is 5.32 Å². The first-order chi connectivity index (χ1) is 5.43. The summed E-state index contributed by atoms with van der Waals surface area (Å²) >= 11 is 1.90. The molecule has 1 N–H and O–H groups in total. The Morgan fingerprint density at radius 2 is 2.00 bits per heavy atom. The molecular formula is C9H13NS. The summed E-state index contributed by atoms with van der Waals surface area (Å²) in [5.41, 5.74) is 1.40. The molecule has 1 rings (SSSR count). The summed E-state index contributed by atoms with van der Waals surface area (Å²) in [6, 6.07) is 10.5. The van der Waals surface area contributed by atoms with Gasteiger partial charge in [-0.15, -0.1) is 11.8 Å². The standard InChI is InChI=1S/C9H13NS/c1-10-8-11-7-9-5-3-2-4-6-9/h2-6,10H,7-8H2,1H3. The molecule has 0 aliphatic heterocycles. The number of hydrogen-bond donors (Lipinski definition) is 1. The highest BCUT2D eigenvalue weighted by atomic mass is 32.2. The average molecular weight is 167 g/mol. The van der Waals surface area contributed by atoms with Crippen molar-refractivity contribution in [2.45, 2.75) is 5.75 Å². The van der Waals surface area contributed by atoms with Gasteiger partial charge in [0.05, 0.1) is 0 Å². The van der Waals surface area contributed by atoms with Crippen LogP contribution in [0.5, 0.6) is 0 Å². The highest BCUT2D eigenvalue weighted by Crippen LogP contribution is 2.09. The molecule has 0 aromatic heterocycles. The first kappa shape index (κ1) is 8.62. The van der Waals surface area contributed by atoms with E-state index in [2.05, 4.69) is 29.6 Å². The molecule has 1 aromatic carbocycles. The second-order valence-corrected chi connectivity index (χ2v) is 3.32. The van der Waals surface area contributed by atoms with Crippen molar-refractivity contribution in [1.82, 2.24) is 5.32 Å². The van der Waals surface area contributed by atoms with Crippen molar-refractivity contribution in [2.24, 2.45) is 0 Å². The van der Waals surface area contributed by atoms with Crippen LogP contribution in [0.3, 0.4) is 0 Å². The minimum Gasteiger partial charge on any atom is -0.311 e. The van der Waals surface area contributed by atoms with E-state index >= 15 is 0 Å². The summed E-state index contributed by atoms with van der Waals surface area (Å²) in [6.07, 6.45) is 0. The van der Waals surface area contributed by atoms with E-state index < -0.39 is 0 Å². The van der Waals surface area contributed by atoms with Crippen molar-refractivity contribution >= 4 is 11.8 Å². The Morgan fingerprint density at radius 3 is 2.64 bits per heavy atom. The van der Waals surface area contributed by atoms with Gasteiger partial charge in [0, 0.05) is 11.6 Å². The SMILES string of the molecule is CNCSCc1ccccc1. The summed E-state index contributed by atoms with van der Waals surface area (Å²) in [6.45, 7) is 0. The molecule has 0 aliphatic rings. The quantitative estimate of drug-likeness (QED) is 0.544. The van der Waals surface area contributed by atoms with Crippen LogP contribution in [0.2, 0.25) is 0 Å². The van der Waals surface area contributed by atoms with Gasteiger partial charge in [0.25, 0.3) is 0 Å². The highest BCUT2D eigenvalue weighted by molar-refractivity contribution is 7.98. The number of thioether (sulfide) groups is 1. The summed E-state index contributed by atoms with van der Waals surface area (Å²) in [5, 5.41) is 3.10. The van der Waals surface area contributed by atoms with Crippen molar-refractivity contribution < 1.29 is 0 Å². The summed E-state index contributed by atoms with van der Waals surface area (Å²) in [7, 11) is 1.97. The lowest BCUT2D eigenvalue weighted by molar-refractivity contribution is 0.981. The van der Waals surface area contributed by atoms with Crippen molar-refractivity contribution in [3.63, 3.8) is 0 Å². The van der Waals surface area contributed by atoms with Gasteiger partial charge >= 0.3 is 0 Å². The molecule has 0 aliphatic carbocycles. The van der Waals surface area contributed by atoms with Gasteiger partial charge in [0.2, 0.25) is 0 Å². The zero-order chi connectivity index (χ0) is 7.94. The third-order valence-electron chi connectivity index (χ3n) is 1.36. The lowest BCUT2D eigenvalue weighted by atomic mass is 10.2. The fourth-order valence-electron chi connectivity index (χ4n) is 0.845. The van der Waals surface area contributed by atoms with E-state index in [-0.39, 0.29) is 0 Å². The van der Waals surface area contributed by atoms with Crippen molar-refractivity contribution in [3.05, 3.63) is 35.9 Å². The number of nitrogens with one attached hydrogen (secondary N) is 1. The van der Waals surface area contributed by atoms with Crippen molar-refractivity contribution in [1.29, 1.82) is 0 Å². The molecule has 0 saturated heterocycles. The fourth-order valence-corrected chi connectivity index (χ4v) is 1.58. The van der Waals surface area contributed by atoms with Crippen LogP contribution in [0.1, 0.15) is 5.56 Å². The molecule has 1 aromatic rings. The predicted molar refractivity (Wildman–Crippen MR) is 51.7 cm³/mol. The summed E-state index contributed by atoms with van der Waals surface area (Å²) in [4.78, 5) is 0. The number of benzene rings is 1. The van der Waals surface area contributed by atoms with E-state index in [9.17, 15) is 0 Å². The Labute approximate surface area is 72.2 Å². The van der Waals surface area contributed by atoms with E-state index in [1.54, 1.807) is 0 Å². The Hall–Kier alpha value is -0.470. The minimum absolute atomic E-state index is 1.02. The van der Waals surface area contributed by atoms with Crippen LogP contribution in [-0.2, 0) is 5.75 Å². The van der Waals surface area contributed by atoms with Crippen LogP contribution >= 0.6 is 11.8 Å². The van der Waals surface area contributed by atoms with E-state index in [4.69, 9.17) is 0 Å². The molecule has 0 fully saturated rings. The van der Waals surface area contributed by atoms with Crippen LogP contribution in [0.25, 0.3) is 0 Å². The van der Waals surface area contributed by atoms with Gasteiger partial charge in [-0.05, 0) is 12.6 Å². The Morgan fingerprint density at radius 1 is 1.27 bits per heavy atom. The third-order valence-corrected chi connectivity index (χ3v) is 2.39. The zero-order valence-electron chi connectivity index (χ0n) is 6.71. The maximum absolute atomic E-state index is 3.10. The van der Waals surface area contributed by atoms with E-state index in [1.165, 1.54) is 5.56 Å². The molecule has 1 nitrogen and oxygen atoms in total. The smallest absolute Gasteiger partial charge is 0.0418 e. The third kappa shape index (κ3) is 3.44. The molecule has 60 valence electrons. The predicted octanol–water partition coefficient (Wildman–Crippen LogP) is 2.10. The van der Waals surface area contributed by atoms with Crippen molar-refractivity contribution in [2.75, 3.05) is 12.9 Å². The maximum atomic E-state index is 3.10. The topological polar surface area (TPSA) is 12.0 Å². The molecule has 0 atom stereocenters. The molecule has 0 bridgehead atoms. The number of hydrogen-bond acceptors (Lipinski definition) is 2. The molecule has 2 heteroatoms. The van der Waals surface area contributed by atoms with Gasteiger partial charge in [-0.2, -0.15) is 0 Å². The molecule has 0 amide bonds. The van der Waals surface area contributed by atoms with Crippen molar-refractivity contribution in [3.8, 4) is 0 Å². The minimum atomic E-state index is 1.02. The molecule has 0 saturated carbocycles. The lowest BCUT2D eigenvalue weighted by Gasteiger charge is -1.99. The fraction of sp³-hybridized carbons (Fsp3) is 0.333. The van der Waals surface area contributed by atoms with Crippen LogP contribution in [0.15, 0.2) is 30.3 Å². The van der Waals surface area contributed by atoms with Gasteiger partial charge in [-0.1, -0.05) is 30.3 Å². The molecule has 0 radical (unpaired) electrons. The van der Waals surface area contributed by atoms with Gasteiger partial charge in [0.15, 0.2) is 0 Å². The molecular weight excluding hydrogens is 154 g/mol. The molecule has 0 unspecified atom stereocenters. The number of rotatable bonds is 4. The van der Waals surface area contributed by atoms with Crippen LogP contribution < -0.4 is 5.32 Å².